The zero-order valence-corrected chi connectivity index (χ0v) is 19.1. The SMILES string of the molecule is CC(C)(C)c1ccc(OCC(=O)Nc2ccc3c(c2)C(=O)N2CCCCC2CCO3)cc1. The van der Waals surface area contributed by atoms with E-state index in [1.807, 2.05) is 29.2 Å². The van der Waals surface area contributed by atoms with Crippen LogP contribution in [0.15, 0.2) is 42.5 Å². The molecule has 2 heterocycles. The van der Waals surface area contributed by atoms with Crippen molar-refractivity contribution in [2.75, 3.05) is 25.1 Å². The quantitative estimate of drug-likeness (QED) is 0.749. The van der Waals surface area contributed by atoms with Crippen molar-refractivity contribution >= 4 is 17.5 Å². The minimum atomic E-state index is -0.278. The highest BCUT2D eigenvalue weighted by atomic mass is 16.5. The lowest BCUT2D eigenvalue weighted by atomic mass is 9.87. The van der Waals surface area contributed by atoms with Crippen molar-refractivity contribution in [3.63, 3.8) is 0 Å². The Kier molecular flexibility index (Phi) is 6.40. The first kappa shape index (κ1) is 22.2. The molecule has 0 radical (unpaired) electrons. The zero-order chi connectivity index (χ0) is 22.7. The Bertz CT molecular complexity index is 978. The molecular formula is C26H32N2O4. The van der Waals surface area contributed by atoms with E-state index >= 15 is 0 Å². The van der Waals surface area contributed by atoms with E-state index in [0.717, 1.165) is 32.2 Å². The lowest BCUT2D eigenvalue weighted by Gasteiger charge is -2.37. The molecule has 2 aromatic carbocycles. The summed E-state index contributed by atoms with van der Waals surface area (Å²) in [5, 5.41) is 2.84. The van der Waals surface area contributed by atoms with E-state index in [1.54, 1.807) is 18.2 Å². The fourth-order valence-corrected chi connectivity index (χ4v) is 4.33. The summed E-state index contributed by atoms with van der Waals surface area (Å²) in [5.41, 5.74) is 2.34. The summed E-state index contributed by atoms with van der Waals surface area (Å²) < 4.78 is 11.5. The molecule has 2 aliphatic heterocycles. The molecule has 1 fully saturated rings. The lowest BCUT2D eigenvalue weighted by Crippen LogP contribution is -2.45. The molecule has 6 nitrogen and oxygen atoms in total. The topological polar surface area (TPSA) is 67.9 Å². The van der Waals surface area contributed by atoms with E-state index in [2.05, 4.69) is 26.1 Å². The van der Waals surface area contributed by atoms with E-state index in [1.165, 1.54) is 5.56 Å². The number of rotatable bonds is 4. The Morgan fingerprint density at radius 1 is 1.12 bits per heavy atom. The molecule has 1 N–H and O–H groups in total. The maximum absolute atomic E-state index is 13.2. The second kappa shape index (κ2) is 9.23. The first-order valence-electron chi connectivity index (χ1n) is 11.4. The van der Waals surface area contributed by atoms with E-state index < -0.39 is 0 Å². The summed E-state index contributed by atoms with van der Waals surface area (Å²) in [4.78, 5) is 27.6. The van der Waals surface area contributed by atoms with Gasteiger partial charge in [0.1, 0.15) is 11.5 Å². The van der Waals surface area contributed by atoms with Crippen LogP contribution in [-0.4, -0.2) is 42.5 Å². The third kappa shape index (κ3) is 5.06. The predicted octanol–water partition coefficient (Wildman–Crippen LogP) is 4.78. The molecule has 2 amide bonds. The minimum absolute atomic E-state index is 0.0179. The Hall–Kier alpha value is -3.02. The standard InChI is InChI=1S/C26H32N2O4/c1-26(2,3)18-7-10-21(11-8-18)32-17-24(29)27-19-9-12-23-22(16-19)25(30)28-14-5-4-6-20(28)13-15-31-23/h7-12,16,20H,4-6,13-15,17H2,1-3H3,(H,27,29). The molecule has 2 aliphatic rings. The molecule has 2 aromatic rings. The first-order chi connectivity index (χ1) is 15.3. The third-order valence-electron chi connectivity index (χ3n) is 6.18. The number of hydrogen-bond acceptors (Lipinski definition) is 4. The summed E-state index contributed by atoms with van der Waals surface area (Å²) >= 11 is 0. The van der Waals surface area contributed by atoms with E-state index in [0.29, 0.717) is 29.4 Å². The van der Waals surface area contributed by atoms with Crippen LogP contribution in [0.1, 0.15) is 62.4 Å². The molecule has 4 rings (SSSR count). The Morgan fingerprint density at radius 2 is 1.91 bits per heavy atom. The van der Waals surface area contributed by atoms with Crippen molar-refractivity contribution in [2.45, 2.75) is 57.9 Å². The van der Waals surface area contributed by atoms with Gasteiger partial charge in [0.25, 0.3) is 11.8 Å². The van der Waals surface area contributed by atoms with Gasteiger partial charge in [-0.15, -0.1) is 0 Å². The van der Waals surface area contributed by atoms with Crippen LogP contribution < -0.4 is 14.8 Å². The number of anilines is 1. The number of amides is 2. The van der Waals surface area contributed by atoms with E-state index in [4.69, 9.17) is 9.47 Å². The van der Waals surface area contributed by atoms with Gasteiger partial charge in [-0.2, -0.15) is 0 Å². The van der Waals surface area contributed by atoms with Crippen molar-refractivity contribution in [1.29, 1.82) is 0 Å². The zero-order valence-electron chi connectivity index (χ0n) is 19.1. The van der Waals surface area contributed by atoms with Gasteiger partial charge in [-0.05, 0) is 60.6 Å². The van der Waals surface area contributed by atoms with Crippen LogP contribution in [-0.2, 0) is 10.2 Å². The smallest absolute Gasteiger partial charge is 0.262 e. The van der Waals surface area contributed by atoms with Crippen LogP contribution >= 0.6 is 0 Å². The van der Waals surface area contributed by atoms with Crippen LogP contribution in [0.4, 0.5) is 5.69 Å². The minimum Gasteiger partial charge on any atom is -0.493 e. The highest BCUT2D eigenvalue weighted by molar-refractivity contribution is 6.00. The van der Waals surface area contributed by atoms with E-state index in [9.17, 15) is 9.59 Å². The van der Waals surface area contributed by atoms with Crippen molar-refractivity contribution < 1.29 is 19.1 Å². The Morgan fingerprint density at radius 3 is 2.66 bits per heavy atom. The molecule has 0 saturated carbocycles. The number of carbonyl (C=O) groups is 2. The van der Waals surface area contributed by atoms with Gasteiger partial charge in [-0.25, -0.2) is 0 Å². The third-order valence-corrected chi connectivity index (χ3v) is 6.18. The Balaban J connectivity index is 1.40. The van der Waals surface area contributed by atoms with Crippen LogP contribution in [0.2, 0.25) is 0 Å². The van der Waals surface area contributed by atoms with Crippen molar-refractivity contribution in [1.82, 2.24) is 4.90 Å². The molecule has 6 heteroatoms. The van der Waals surface area contributed by atoms with Crippen molar-refractivity contribution in [3.8, 4) is 11.5 Å². The molecule has 0 aromatic heterocycles. The van der Waals surface area contributed by atoms with Gasteiger partial charge in [0.05, 0.1) is 12.2 Å². The van der Waals surface area contributed by atoms with Gasteiger partial charge in [0.15, 0.2) is 6.61 Å². The van der Waals surface area contributed by atoms with E-state index in [-0.39, 0.29) is 29.9 Å². The summed E-state index contributed by atoms with van der Waals surface area (Å²) in [7, 11) is 0. The molecule has 0 bridgehead atoms. The lowest BCUT2D eigenvalue weighted by molar-refractivity contribution is -0.118. The molecule has 170 valence electrons. The molecule has 1 atom stereocenters. The maximum atomic E-state index is 13.2. The fraction of sp³-hybridized carbons (Fsp3) is 0.462. The van der Waals surface area contributed by atoms with Gasteiger partial charge in [0, 0.05) is 24.7 Å². The number of hydrogen-bond donors (Lipinski definition) is 1. The number of nitrogens with zero attached hydrogens (tertiary/aromatic N) is 1. The average molecular weight is 437 g/mol. The summed E-state index contributed by atoms with van der Waals surface area (Å²) in [5.74, 6) is 0.925. The second-order valence-electron chi connectivity index (χ2n) is 9.61. The van der Waals surface area contributed by atoms with Gasteiger partial charge >= 0.3 is 0 Å². The van der Waals surface area contributed by atoms with Gasteiger partial charge in [0.2, 0.25) is 0 Å². The number of carbonyl (C=O) groups excluding carboxylic acids is 2. The summed E-state index contributed by atoms with van der Waals surface area (Å²) in [6.45, 7) is 7.72. The molecule has 1 unspecified atom stereocenters. The van der Waals surface area contributed by atoms with Crippen LogP contribution in [0, 0.1) is 0 Å². The Labute approximate surface area is 189 Å². The number of ether oxygens (including phenoxy) is 2. The maximum Gasteiger partial charge on any atom is 0.262 e. The monoisotopic (exact) mass is 436 g/mol. The fourth-order valence-electron chi connectivity index (χ4n) is 4.33. The molecule has 1 saturated heterocycles. The summed E-state index contributed by atoms with van der Waals surface area (Å²) in [6, 6.07) is 13.3. The normalized spacial score (nSPS) is 18.5. The summed E-state index contributed by atoms with van der Waals surface area (Å²) in [6.07, 6.45) is 4.06. The van der Waals surface area contributed by atoms with Crippen LogP contribution in [0.25, 0.3) is 0 Å². The largest absolute Gasteiger partial charge is 0.493 e. The first-order valence-corrected chi connectivity index (χ1v) is 11.4. The number of fused-ring (bicyclic) bond motifs is 2. The highest BCUT2D eigenvalue weighted by Gasteiger charge is 2.31. The van der Waals surface area contributed by atoms with Crippen LogP contribution in [0.5, 0.6) is 11.5 Å². The van der Waals surface area contributed by atoms with Crippen molar-refractivity contribution in [2.24, 2.45) is 0 Å². The highest BCUT2D eigenvalue weighted by Crippen LogP contribution is 2.31. The number of nitrogens with one attached hydrogen (secondary N) is 1. The molecule has 32 heavy (non-hydrogen) atoms. The average Bonchev–Trinajstić information content (AvgIpc) is 2.77. The predicted molar refractivity (Wildman–Crippen MR) is 124 cm³/mol. The second-order valence-corrected chi connectivity index (χ2v) is 9.61. The number of benzene rings is 2. The van der Waals surface area contributed by atoms with Crippen LogP contribution in [0.3, 0.4) is 0 Å². The molecule has 0 spiro atoms. The van der Waals surface area contributed by atoms with Gasteiger partial charge < -0.3 is 19.7 Å². The molecular weight excluding hydrogens is 404 g/mol. The van der Waals surface area contributed by atoms with Gasteiger partial charge in [-0.3, -0.25) is 9.59 Å². The van der Waals surface area contributed by atoms with Gasteiger partial charge in [-0.1, -0.05) is 32.9 Å². The molecule has 0 aliphatic carbocycles. The van der Waals surface area contributed by atoms with Crippen molar-refractivity contribution in [3.05, 3.63) is 53.6 Å². The number of piperidine rings is 1.